The van der Waals surface area contributed by atoms with Crippen LogP contribution < -0.4 is 27.8 Å². The van der Waals surface area contributed by atoms with E-state index in [1.807, 2.05) is 13.8 Å². The van der Waals surface area contributed by atoms with Crippen LogP contribution in [0.2, 0.25) is 0 Å². The second kappa shape index (κ2) is 18.6. The zero-order valence-corrected chi connectivity index (χ0v) is 26.2. The summed E-state index contributed by atoms with van der Waals surface area (Å²) in [5, 5.41) is 14.6. The van der Waals surface area contributed by atoms with Gasteiger partial charge >= 0.3 is 0 Å². The molecule has 10 N–H and O–H groups in total. The number of hydrogen-bond donors (Lipinski definition) is 6. The first-order chi connectivity index (χ1) is 18.3. The molecule has 1 saturated heterocycles. The predicted octanol–water partition coefficient (Wildman–Crippen LogP) is 0.588. The number of aliphatic hydroxyl groups excluding tert-OH is 1. The second-order valence-electron chi connectivity index (χ2n) is 8.59. The minimum Gasteiger partial charge on any atom is -0.680 e. The van der Waals surface area contributed by atoms with Gasteiger partial charge in [-0.15, -0.1) is 0 Å². The molecule has 2 atom stereocenters. The summed E-state index contributed by atoms with van der Waals surface area (Å²) in [7, 11) is 1.25. The van der Waals surface area contributed by atoms with Crippen molar-refractivity contribution in [2.45, 2.75) is 58.2 Å². The summed E-state index contributed by atoms with van der Waals surface area (Å²) in [5.74, 6) is -2.21. The Labute approximate surface area is 248 Å². The molecule has 1 unspecified atom stereocenters. The molecule has 0 aromatic heterocycles. The first-order valence-corrected chi connectivity index (χ1v) is 12.2. The molecule has 40 heavy (non-hydrogen) atoms. The first kappa shape index (κ1) is 38.5. The Balaban J connectivity index is 0. The van der Waals surface area contributed by atoms with Crippen molar-refractivity contribution >= 4 is 29.5 Å². The van der Waals surface area contributed by atoms with Gasteiger partial charge in [0, 0.05) is 45.0 Å². The normalized spacial score (nSPS) is 15.3. The fourth-order valence-corrected chi connectivity index (χ4v) is 3.17. The maximum Gasteiger partial charge on any atom is 0.248 e. The molecule has 3 rings (SSSR count). The standard InChI is InChI=1S/C14H17N3O3.C10H12N2O3.C2H6.CH4N.W/c1-14(2)13(20)16-10(12(19)17-14)7-8-3-5-9(6-4-8)11(15)18;11-9(14)7-3-1-6(2-4-7)5-8(13)10(12)15;2*1-2;/h3-6,10H,7H2,1-2H3,(H2,15,18)(H,16,20)(H,17,19);1-4,8,13H,5H2,(H2,11,14)(H2,12,15);1-2H3;2H,1H3;/q;;;-1;/t10-;;;;/m0..../s1. The Hall–Kier alpha value is -3.60. The Morgan fingerprint density at radius 2 is 1.27 bits per heavy atom. The number of piperazine rings is 1. The molecule has 0 spiro atoms. The van der Waals surface area contributed by atoms with E-state index in [9.17, 15) is 29.1 Å². The van der Waals surface area contributed by atoms with E-state index in [1.165, 1.54) is 19.2 Å². The molecule has 1 heterocycles. The number of nitrogens with two attached hydrogens (primary N) is 3. The van der Waals surface area contributed by atoms with Gasteiger partial charge in [0.15, 0.2) is 0 Å². The van der Waals surface area contributed by atoms with Crippen molar-refractivity contribution in [1.82, 2.24) is 10.6 Å². The van der Waals surface area contributed by atoms with E-state index in [0.29, 0.717) is 23.1 Å². The van der Waals surface area contributed by atoms with E-state index < -0.39 is 35.4 Å². The van der Waals surface area contributed by atoms with Crippen LogP contribution in [0.1, 0.15) is 59.5 Å². The SMILES string of the molecule is CC.CC1(C)NC(=O)[C@H](Cc2ccc(C(N)=O)cc2)NC1=O.C[NH-].NC(=O)c1ccc(CC(O)C(N)=O)cc1.[W]. The first-order valence-electron chi connectivity index (χ1n) is 12.2. The van der Waals surface area contributed by atoms with Crippen molar-refractivity contribution < 1.29 is 50.1 Å². The third kappa shape index (κ3) is 12.5. The van der Waals surface area contributed by atoms with Gasteiger partial charge in [-0.1, -0.05) is 38.1 Å². The van der Waals surface area contributed by atoms with Gasteiger partial charge in [0.1, 0.15) is 17.7 Å². The van der Waals surface area contributed by atoms with Crippen molar-refractivity contribution in [2.24, 2.45) is 17.2 Å². The van der Waals surface area contributed by atoms with Gasteiger partial charge in [-0.3, -0.25) is 24.0 Å². The summed E-state index contributed by atoms with van der Waals surface area (Å²) >= 11 is 0. The van der Waals surface area contributed by atoms with Crippen LogP contribution in [0.4, 0.5) is 0 Å². The molecule has 1 aliphatic rings. The van der Waals surface area contributed by atoms with Gasteiger partial charge in [0.05, 0.1) is 0 Å². The fraction of sp³-hybridized carbons (Fsp3) is 0.370. The van der Waals surface area contributed by atoms with Crippen LogP contribution in [-0.4, -0.2) is 59.4 Å². The second-order valence-corrected chi connectivity index (χ2v) is 8.59. The molecule has 1 aliphatic heterocycles. The van der Waals surface area contributed by atoms with Gasteiger partial charge in [-0.25, -0.2) is 0 Å². The monoisotopic (exact) mass is 727 g/mol. The summed E-state index contributed by atoms with van der Waals surface area (Å²) in [4.78, 5) is 56.0. The van der Waals surface area contributed by atoms with Gasteiger partial charge in [-0.2, -0.15) is 7.05 Å². The molecule has 0 bridgehead atoms. The van der Waals surface area contributed by atoms with Gasteiger partial charge < -0.3 is 38.7 Å². The number of primary amides is 3. The fourth-order valence-electron chi connectivity index (χ4n) is 3.17. The van der Waals surface area contributed by atoms with Crippen LogP contribution in [-0.2, 0) is 48.3 Å². The van der Waals surface area contributed by atoms with Gasteiger partial charge in [0.2, 0.25) is 29.5 Å². The van der Waals surface area contributed by atoms with Crippen molar-refractivity contribution in [3.8, 4) is 0 Å². The van der Waals surface area contributed by atoms with Crippen molar-refractivity contribution in [3.63, 3.8) is 0 Å². The number of rotatable bonds is 7. The average Bonchev–Trinajstić information content (AvgIpc) is 2.90. The minimum absolute atomic E-state index is 0. The van der Waals surface area contributed by atoms with Crippen LogP contribution in [0.3, 0.4) is 0 Å². The van der Waals surface area contributed by atoms with Crippen molar-refractivity contribution in [1.29, 1.82) is 0 Å². The van der Waals surface area contributed by atoms with Crippen LogP contribution in [0.25, 0.3) is 5.73 Å². The summed E-state index contributed by atoms with van der Waals surface area (Å²) < 4.78 is 0. The van der Waals surface area contributed by atoms with Gasteiger partial charge in [-0.05, 0) is 49.2 Å². The third-order valence-corrected chi connectivity index (χ3v) is 5.30. The maximum atomic E-state index is 11.9. The third-order valence-electron chi connectivity index (χ3n) is 5.30. The molecule has 0 aliphatic carbocycles. The molecule has 12 nitrogen and oxygen atoms in total. The Bertz CT molecular complexity index is 1120. The van der Waals surface area contributed by atoms with E-state index in [2.05, 4.69) is 10.6 Å². The summed E-state index contributed by atoms with van der Waals surface area (Å²) in [5.41, 5.74) is 22.3. The number of carbonyl (C=O) groups excluding carboxylic acids is 5. The number of nitrogens with one attached hydrogen (secondary N) is 3. The predicted molar refractivity (Wildman–Crippen MR) is 148 cm³/mol. The van der Waals surface area contributed by atoms with Crippen LogP contribution in [0.5, 0.6) is 0 Å². The molecule has 220 valence electrons. The largest absolute Gasteiger partial charge is 0.680 e. The molecule has 1 fully saturated rings. The topological polar surface area (TPSA) is 231 Å². The Morgan fingerprint density at radius 3 is 1.65 bits per heavy atom. The van der Waals surface area contributed by atoms with E-state index >= 15 is 0 Å². The van der Waals surface area contributed by atoms with Crippen LogP contribution >= 0.6 is 0 Å². The quantitative estimate of drug-likeness (QED) is 0.239. The average molecular weight is 727 g/mol. The van der Waals surface area contributed by atoms with Gasteiger partial charge in [0.25, 0.3) is 0 Å². The number of carbonyl (C=O) groups is 5. The Kier molecular flexibility index (Phi) is 18.0. The molecular formula is C27H39N6O6W-. The smallest absolute Gasteiger partial charge is 0.248 e. The molecule has 0 radical (unpaired) electrons. The number of aliphatic hydroxyl groups is 1. The molecule has 0 saturated carbocycles. The van der Waals surface area contributed by atoms with Crippen molar-refractivity contribution in [2.75, 3.05) is 7.05 Å². The summed E-state index contributed by atoms with van der Waals surface area (Å²) in [6.07, 6.45) is -0.703. The molecular weight excluding hydrogens is 688 g/mol. The van der Waals surface area contributed by atoms with E-state index in [1.54, 1.807) is 50.2 Å². The molecule has 13 heteroatoms. The Morgan fingerprint density at radius 1 is 0.875 bits per heavy atom. The zero-order chi connectivity index (χ0) is 30.3. The minimum atomic E-state index is -1.20. The molecule has 2 aromatic rings. The number of amides is 5. The van der Waals surface area contributed by atoms with Crippen LogP contribution in [0, 0.1) is 0 Å². The number of benzene rings is 2. The van der Waals surface area contributed by atoms with Crippen LogP contribution in [0.15, 0.2) is 48.5 Å². The van der Waals surface area contributed by atoms with Crippen molar-refractivity contribution in [3.05, 3.63) is 76.5 Å². The zero-order valence-electron chi connectivity index (χ0n) is 23.3. The molecule has 5 amide bonds. The van der Waals surface area contributed by atoms with E-state index in [4.69, 9.17) is 22.9 Å². The maximum absolute atomic E-state index is 11.9. The summed E-state index contributed by atoms with van der Waals surface area (Å²) in [6, 6.07) is 12.3. The van der Waals surface area contributed by atoms with E-state index in [0.717, 1.165) is 5.56 Å². The summed E-state index contributed by atoms with van der Waals surface area (Å²) in [6.45, 7) is 7.30. The van der Waals surface area contributed by atoms with E-state index in [-0.39, 0.29) is 39.3 Å². The molecule has 2 aromatic carbocycles. The number of hydrogen-bond acceptors (Lipinski definition) is 6.